The third-order valence-electron chi connectivity index (χ3n) is 5.22. The van der Waals surface area contributed by atoms with Crippen molar-refractivity contribution in [2.45, 2.75) is 31.6 Å². The molecule has 0 aromatic heterocycles. The van der Waals surface area contributed by atoms with Crippen LogP contribution in [0.5, 0.6) is 0 Å². The fraction of sp³-hybridized carbons (Fsp3) is 0.200. The maximum absolute atomic E-state index is 2.52. The van der Waals surface area contributed by atoms with Crippen molar-refractivity contribution in [3.05, 3.63) is 113 Å². The van der Waals surface area contributed by atoms with Crippen LogP contribution in [0.4, 0.5) is 0 Å². The van der Waals surface area contributed by atoms with E-state index < -0.39 is 0 Å². The molecule has 0 aliphatic heterocycles. The smallest absolute Gasteiger partial charge is 0.00332 e. The SMILES string of the molecule is C1=C(CCc2ccccc2)c2ccccc2C1CCc1ccccc1. The first kappa shape index (κ1) is 15.9. The van der Waals surface area contributed by atoms with Crippen LogP contribution in [0.3, 0.4) is 0 Å². The lowest BCUT2D eigenvalue weighted by molar-refractivity contribution is 0.744. The molecule has 1 unspecified atom stereocenters. The Morgan fingerprint density at radius 1 is 0.560 bits per heavy atom. The van der Waals surface area contributed by atoms with Crippen molar-refractivity contribution < 1.29 is 0 Å². The van der Waals surface area contributed by atoms with Crippen molar-refractivity contribution in [3.63, 3.8) is 0 Å². The molecule has 0 nitrogen and oxygen atoms in total. The Bertz CT molecular complexity index is 843. The summed E-state index contributed by atoms with van der Waals surface area (Å²) in [5.74, 6) is 0.558. The van der Waals surface area contributed by atoms with Gasteiger partial charge in [-0.3, -0.25) is 0 Å². The summed E-state index contributed by atoms with van der Waals surface area (Å²) in [7, 11) is 0. The van der Waals surface area contributed by atoms with E-state index in [-0.39, 0.29) is 0 Å². The maximum atomic E-state index is 2.52. The molecular weight excluding hydrogens is 300 g/mol. The summed E-state index contributed by atoms with van der Waals surface area (Å²) in [6, 6.07) is 30.6. The summed E-state index contributed by atoms with van der Waals surface area (Å²) >= 11 is 0. The lowest BCUT2D eigenvalue weighted by Crippen LogP contribution is -1.96. The molecule has 3 aromatic carbocycles. The van der Waals surface area contributed by atoms with Gasteiger partial charge in [0, 0.05) is 5.92 Å². The number of hydrogen-bond acceptors (Lipinski definition) is 0. The highest BCUT2D eigenvalue weighted by Gasteiger charge is 2.22. The van der Waals surface area contributed by atoms with Crippen LogP contribution in [-0.2, 0) is 12.8 Å². The number of allylic oxidation sites excluding steroid dienone is 2. The summed E-state index contributed by atoms with van der Waals surface area (Å²) in [4.78, 5) is 0. The Labute approximate surface area is 150 Å². The second-order valence-corrected chi connectivity index (χ2v) is 6.90. The number of fused-ring (bicyclic) bond motifs is 1. The van der Waals surface area contributed by atoms with Crippen LogP contribution in [0.1, 0.15) is 41.0 Å². The van der Waals surface area contributed by atoms with Gasteiger partial charge in [-0.15, -0.1) is 0 Å². The zero-order valence-corrected chi connectivity index (χ0v) is 14.6. The van der Waals surface area contributed by atoms with E-state index in [0.29, 0.717) is 5.92 Å². The number of hydrogen-bond donors (Lipinski definition) is 0. The number of rotatable bonds is 6. The second kappa shape index (κ2) is 7.53. The largest absolute Gasteiger partial charge is 0.0731 e. The van der Waals surface area contributed by atoms with Crippen molar-refractivity contribution in [2.24, 2.45) is 0 Å². The lowest BCUT2D eigenvalue weighted by Gasteiger charge is -2.10. The van der Waals surface area contributed by atoms with Crippen LogP contribution in [0.15, 0.2) is 91.0 Å². The lowest BCUT2D eigenvalue weighted by atomic mass is 9.94. The molecule has 1 atom stereocenters. The Kier molecular flexibility index (Phi) is 4.79. The van der Waals surface area contributed by atoms with Gasteiger partial charge in [0.25, 0.3) is 0 Å². The predicted molar refractivity (Wildman–Crippen MR) is 107 cm³/mol. The quantitative estimate of drug-likeness (QED) is 0.490. The van der Waals surface area contributed by atoms with Gasteiger partial charge in [-0.05, 0) is 53.5 Å². The Morgan fingerprint density at radius 2 is 1.16 bits per heavy atom. The summed E-state index contributed by atoms with van der Waals surface area (Å²) in [5, 5.41) is 0. The molecule has 0 spiro atoms. The monoisotopic (exact) mass is 324 g/mol. The summed E-state index contributed by atoms with van der Waals surface area (Å²) in [5.41, 5.74) is 7.37. The molecule has 0 radical (unpaired) electrons. The molecular formula is C25H24. The van der Waals surface area contributed by atoms with Crippen LogP contribution in [0, 0.1) is 0 Å². The molecule has 0 saturated carbocycles. The van der Waals surface area contributed by atoms with E-state index >= 15 is 0 Å². The molecule has 0 amide bonds. The molecule has 124 valence electrons. The van der Waals surface area contributed by atoms with Gasteiger partial charge in [-0.2, -0.15) is 0 Å². The average molecular weight is 324 g/mol. The number of benzene rings is 3. The minimum absolute atomic E-state index is 0.558. The first-order valence-electron chi connectivity index (χ1n) is 9.28. The zero-order chi connectivity index (χ0) is 16.9. The van der Waals surface area contributed by atoms with Crippen LogP contribution in [0.25, 0.3) is 5.57 Å². The van der Waals surface area contributed by atoms with Crippen molar-refractivity contribution in [1.29, 1.82) is 0 Å². The van der Waals surface area contributed by atoms with E-state index in [1.807, 2.05) is 0 Å². The normalized spacial score (nSPS) is 15.7. The van der Waals surface area contributed by atoms with Crippen molar-refractivity contribution in [2.75, 3.05) is 0 Å². The van der Waals surface area contributed by atoms with Gasteiger partial charge in [0.1, 0.15) is 0 Å². The highest BCUT2D eigenvalue weighted by Crippen LogP contribution is 2.40. The molecule has 1 aliphatic carbocycles. The van der Waals surface area contributed by atoms with Crippen molar-refractivity contribution >= 4 is 5.57 Å². The van der Waals surface area contributed by atoms with Gasteiger partial charge in [-0.1, -0.05) is 91.0 Å². The Balaban J connectivity index is 1.49. The second-order valence-electron chi connectivity index (χ2n) is 6.90. The van der Waals surface area contributed by atoms with Gasteiger partial charge in [-0.25, -0.2) is 0 Å². The Morgan fingerprint density at radius 3 is 1.88 bits per heavy atom. The van der Waals surface area contributed by atoms with Crippen molar-refractivity contribution in [1.82, 2.24) is 0 Å². The predicted octanol–water partition coefficient (Wildman–Crippen LogP) is 6.43. The molecule has 0 heterocycles. The Hall–Kier alpha value is -2.60. The van der Waals surface area contributed by atoms with Crippen LogP contribution < -0.4 is 0 Å². The highest BCUT2D eigenvalue weighted by molar-refractivity contribution is 5.75. The first-order valence-corrected chi connectivity index (χ1v) is 9.28. The first-order chi connectivity index (χ1) is 12.4. The molecule has 4 rings (SSSR count). The standard InChI is InChI=1S/C25H24/c1-3-9-20(10-4-1)15-17-22-19-23(25-14-8-7-13-24(22)25)18-16-21-11-5-2-6-12-21/h1-14,19,22H,15-18H2. The third-order valence-corrected chi connectivity index (χ3v) is 5.22. The minimum Gasteiger partial charge on any atom is -0.0731 e. The summed E-state index contributed by atoms with van der Waals surface area (Å²) in [6.45, 7) is 0. The van der Waals surface area contributed by atoms with E-state index in [1.54, 1.807) is 0 Å². The maximum Gasteiger partial charge on any atom is 0.00332 e. The molecule has 0 fully saturated rings. The van der Waals surface area contributed by atoms with Gasteiger partial charge >= 0.3 is 0 Å². The van der Waals surface area contributed by atoms with Crippen molar-refractivity contribution in [3.8, 4) is 0 Å². The van der Waals surface area contributed by atoms with E-state index in [9.17, 15) is 0 Å². The molecule has 3 aromatic rings. The van der Waals surface area contributed by atoms with E-state index in [1.165, 1.54) is 34.2 Å². The fourth-order valence-corrected chi connectivity index (χ4v) is 3.88. The van der Waals surface area contributed by atoms with Gasteiger partial charge in [0.05, 0.1) is 0 Å². The van der Waals surface area contributed by atoms with Crippen LogP contribution >= 0.6 is 0 Å². The van der Waals surface area contributed by atoms with Gasteiger partial charge in [0.15, 0.2) is 0 Å². The third kappa shape index (κ3) is 3.74. The van der Waals surface area contributed by atoms with Crippen LogP contribution in [0.2, 0.25) is 0 Å². The molecule has 0 bridgehead atoms. The zero-order valence-electron chi connectivity index (χ0n) is 14.6. The highest BCUT2D eigenvalue weighted by atomic mass is 14.3. The van der Waals surface area contributed by atoms with E-state index in [4.69, 9.17) is 0 Å². The van der Waals surface area contributed by atoms with Crippen LogP contribution in [-0.4, -0.2) is 0 Å². The van der Waals surface area contributed by atoms with E-state index in [2.05, 4.69) is 91.0 Å². The molecule has 0 N–H and O–H groups in total. The fourth-order valence-electron chi connectivity index (χ4n) is 3.88. The number of aryl methyl sites for hydroxylation is 2. The summed E-state index contributed by atoms with van der Waals surface area (Å²) in [6.07, 6.45) is 7.10. The molecule has 1 aliphatic rings. The van der Waals surface area contributed by atoms with E-state index in [0.717, 1.165) is 19.3 Å². The van der Waals surface area contributed by atoms with Gasteiger partial charge in [0.2, 0.25) is 0 Å². The topological polar surface area (TPSA) is 0 Å². The van der Waals surface area contributed by atoms with Gasteiger partial charge < -0.3 is 0 Å². The average Bonchev–Trinajstić information content (AvgIpc) is 3.04. The minimum atomic E-state index is 0.558. The molecule has 0 saturated heterocycles. The summed E-state index contributed by atoms with van der Waals surface area (Å²) < 4.78 is 0. The molecule has 25 heavy (non-hydrogen) atoms. The molecule has 0 heteroatoms.